The molecule has 2 saturated heterocycles. The van der Waals surface area contributed by atoms with Gasteiger partial charge in [0.25, 0.3) is 0 Å². The van der Waals surface area contributed by atoms with Crippen molar-refractivity contribution in [3.63, 3.8) is 0 Å². The van der Waals surface area contributed by atoms with E-state index in [1.807, 2.05) is 27.7 Å². The van der Waals surface area contributed by atoms with E-state index in [4.69, 9.17) is 14.7 Å². The van der Waals surface area contributed by atoms with E-state index >= 15 is 0 Å². The molecule has 2 rings (SSSR count). The summed E-state index contributed by atoms with van der Waals surface area (Å²) in [5, 5.41) is 8.72. The number of esters is 1. The van der Waals surface area contributed by atoms with Gasteiger partial charge in [-0.15, -0.1) is 0 Å². The Morgan fingerprint density at radius 1 is 1.20 bits per heavy atom. The maximum Gasteiger partial charge on any atom is 0.305 e. The summed E-state index contributed by atoms with van der Waals surface area (Å²) in [6.45, 7) is 10.1. The maximum absolute atomic E-state index is 11.3. The van der Waals surface area contributed by atoms with E-state index in [2.05, 4.69) is 17.7 Å². The van der Waals surface area contributed by atoms with Gasteiger partial charge in [-0.05, 0) is 32.1 Å². The molecule has 2 aliphatic heterocycles. The Hall–Kier alpha value is -1.12. The third-order valence-corrected chi connectivity index (χ3v) is 4.74. The fraction of sp³-hybridized carbons (Fsp3) is 0.900. The van der Waals surface area contributed by atoms with Gasteiger partial charge in [-0.2, -0.15) is 5.26 Å². The zero-order chi connectivity index (χ0) is 19.3. The molecule has 3 unspecified atom stereocenters. The van der Waals surface area contributed by atoms with Gasteiger partial charge in [-0.25, -0.2) is 0 Å². The number of rotatable bonds is 6. The standard InChI is InChI=1S/C16H25NO4.2C2H6/c1-3-16-11-13(7-9-15(18)19-2)20-14(16)8-6-12(21-16)5-4-10-17;2*1-2/h12-14H,3-9,11H2,1-2H3;2*1-2H3/t12?,13-,14?,16?;;/m0../s1. The molecule has 4 atom stereocenters. The highest BCUT2D eigenvalue weighted by molar-refractivity contribution is 5.69. The van der Waals surface area contributed by atoms with E-state index in [1.54, 1.807) is 0 Å². The fourth-order valence-corrected chi connectivity index (χ4v) is 3.54. The largest absolute Gasteiger partial charge is 0.469 e. The van der Waals surface area contributed by atoms with Crippen molar-refractivity contribution in [2.24, 2.45) is 0 Å². The van der Waals surface area contributed by atoms with E-state index in [1.165, 1.54) is 7.11 Å². The molecule has 0 N–H and O–H groups in total. The van der Waals surface area contributed by atoms with E-state index in [0.717, 1.165) is 32.1 Å². The van der Waals surface area contributed by atoms with Crippen LogP contribution in [0.3, 0.4) is 0 Å². The summed E-state index contributed by atoms with van der Waals surface area (Å²) < 4.78 is 17.1. The third-order valence-electron chi connectivity index (χ3n) is 4.74. The number of carbonyl (C=O) groups is 1. The number of methoxy groups -OCH3 is 1. The molecule has 0 radical (unpaired) electrons. The fourth-order valence-electron chi connectivity index (χ4n) is 3.54. The molecule has 5 heteroatoms. The molecule has 2 fully saturated rings. The molecule has 0 aliphatic carbocycles. The summed E-state index contributed by atoms with van der Waals surface area (Å²) in [5.74, 6) is -0.188. The SMILES string of the molecule is CC.CC.CCC12C[C@H](CCC(=O)OC)OC1CCC(CCC#N)O2. The minimum atomic E-state index is -0.223. The highest BCUT2D eigenvalue weighted by Gasteiger charge is 2.51. The smallest absolute Gasteiger partial charge is 0.305 e. The summed E-state index contributed by atoms with van der Waals surface area (Å²) in [5.41, 5.74) is -0.223. The first kappa shape index (κ1) is 23.9. The number of hydrogen-bond acceptors (Lipinski definition) is 5. The molecule has 5 nitrogen and oxygen atoms in total. The van der Waals surface area contributed by atoms with E-state index in [9.17, 15) is 4.79 Å². The quantitative estimate of drug-likeness (QED) is 0.641. The molecule has 2 heterocycles. The van der Waals surface area contributed by atoms with Gasteiger partial charge < -0.3 is 14.2 Å². The Balaban J connectivity index is 0.00000134. The monoisotopic (exact) mass is 355 g/mol. The lowest BCUT2D eigenvalue weighted by atomic mass is 9.83. The number of nitriles is 1. The molecule has 0 bridgehead atoms. The van der Waals surface area contributed by atoms with Crippen molar-refractivity contribution in [1.82, 2.24) is 0 Å². The highest BCUT2D eigenvalue weighted by atomic mass is 16.6. The minimum absolute atomic E-state index is 0.0729. The van der Waals surface area contributed by atoms with E-state index < -0.39 is 0 Å². The van der Waals surface area contributed by atoms with Crippen LogP contribution in [0.4, 0.5) is 0 Å². The molecule has 0 amide bonds. The number of fused-ring (bicyclic) bond motifs is 1. The molecule has 25 heavy (non-hydrogen) atoms. The third kappa shape index (κ3) is 6.95. The average Bonchev–Trinajstić information content (AvgIpc) is 3.06. The second-order valence-electron chi connectivity index (χ2n) is 6.00. The lowest BCUT2D eigenvalue weighted by Crippen LogP contribution is -2.47. The van der Waals surface area contributed by atoms with Gasteiger partial charge in [0.05, 0.1) is 37.1 Å². The Bertz CT molecular complexity index is 407. The molecule has 0 aromatic carbocycles. The Kier molecular flexibility index (Phi) is 12.5. The minimum Gasteiger partial charge on any atom is -0.469 e. The summed E-state index contributed by atoms with van der Waals surface area (Å²) in [7, 11) is 1.41. The predicted molar refractivity (Wildman–Crippen MR) is 99.2 cm³/mol. The van der Waals surface area contributed by atoms with Crippen molar-refractivity contribution < 1.29 is 19.0 Å². The van der Waals surface area contributed by atoms with Crippen molar-refractivity contribution in [3.05, 3.63) is 0 Å². The molecule has 0 aromatic rings. The van der Waals surface area contributed by atoms with Crippen LogP contribution in [0.5, 0.6) is 0 Å². The number of ether oxygens (including phenoxy) is 3. The molecule has 146 valence electrons. The summed E-state index contributed by atoms with van der Waals surface area (Å²) in [6.07, 6.45) is 6.50. The van der Waals surface area contributed by atoms with Gasteiger partial charge in [0.2, 0.25) is 0 Å². The van der Waals surface area contributed by atoms with Crippen LogP contribution in [0.1, 0.15) is 86.0 Å². The van der Waals surface area contributed by atoms with Crippen molar-refractivity contribution in [2.75, 3.05) is 7.11 Å². The second-order valence-corrected chi connectivity index (χ2v) is 6.00. The Morgan fingerprint density at radius 3 is 2.44 bits per heavy atom. The Labute approximate surface area is 154 Å². The van der Waals surface area contributed by atoms with Crippen LogP contribution < -0.4 is 0 Å². The Morgan fingerprint density at radius 2 is 1.88 bits per heavy atom. The van der Waals surface area contributed by atoms with Gasteiger partial charge in [0, 0.05) is 19.3 Å². The van der Waals surface area contributed by atoms with Crippen LogP contribution >= 0.6 is 0 Å². The summed E-state index contributed by atoms with van der Waals surface area (Å²) in [6, 6.07) is 2.19. The average molecular weight is 356 g/mol. The topological polar surface area (TPSA) is 68.5 Å². The molecule has 0 saturated carbocycles. The molecule has 2 aliphatic rings. The van der Waals surface area contributed by atoms with Crippen molar-refractivity contribution in [1.29, 1.82) is 5.26 Å². The van der Waals surface area contributed by atoms with E-state index in [0.29, 0.717) is 19.3 Å². The number of carbonyl (C=O) groups excluding carboxylic acids is 1. The first-order valence-electron chi connectivity index (χ1n) is 9.90. The van der Waals surface area contributed by atoms with Gasteiger partial charge >= 0.3 is 5.97 Å². The van der Waals surface area contributed by atoms with Gasteiger partial charge in [-0.1, -0.05) is 34.6 Å². The van der Waals surface area contributed by atoms with Crippen molar-refractivity contribution in [3.8, 4) is 6.07 Å². The van der Waals surface area contributed by atoms with Crippen molar-refractivity contribution in [2.45, 2.75) is 110 Å². The van der Waals surface area contributed by atoms with Crippen LogP contribution in [-0.4, -0.2) is 37.0 Å². The lowest BCUT2D eigenvalue weighted by molar-refractivity contribution is -0.168. The van der Waals surface area contributed by atoms with Crippen LogP contribution in [0, 0.1) is 11.3 Å². The van der Waals surface area contributed by atoms with Crippen LogP contribution in [0.2, 0.25) is 0 Å². The number of hydrogen-bond donors (Lipinski definition) is 0. The van der Waals surface area contributed by atoms with Gasteiger partial charge in [0.15, 0.2) is 0 Å². The normalized spacial score (nSPS) is 29.9. The highest BCUT2D eigenvalue weighted by Crippen LogP contribution is 2.45. The predicted octanol–water partition coefficient (Wildman–Crippen LogP) is 4.78. The summed E-state index contributed by atoms with van der Waals surface area (Å²) in [4.78, 5) is 11.3. The zero-order valence-corrected chi connectivity index (χ0v) is 17.0. The molecule has 0 aromatic heterocycles. The number of nitrogens with zero attached hydrogens (tertiary/aromatic N) is 1. The zero-order valence-electron chi connectivity index (χ0n) is 17.0. The first-order chi connectivity index (χ1) is 12.1. The molecular formula is C20H37NO4. The van der Waals surface area contributed by atoms with Gasteiger partial charge in [0.1, 0.15) is 0 Å². The van der Waals surface area contributed by atoms with Crippen LogP contribution in [0.25, 0.3) is 0 Å². The van der Waals surface area contributed by atoms with Crippen LogP contribution in [0.15, 0.2) is 0 Å². The maximum atomic E-state index is 11.3. The van der Waals surface area contributed by atoms with E-state index in [-0.39, 0.29) is 29.9 Å². The van der Waals surface area contributed by atoms with Crippen molar-refractivity contribution >= 4 is 5.97 Å². The lowest BCUT2D eigenvalue weighted by Gasteiger charge is -2.41. The molecular weight excluding hydrogens is 318 g/mol. The first-order valence-corrected chi connectivity index (χ1v) is 9.90. The second kappa shape index (κ2) is 13.1. The summed E-state index contributed by atoms with van der Waals surface area (Å²) >= 11 is 0. The van der Waals surface area contributed by atoms with Gasteiger partial charge in [-0.3, -0.25) is 4.79 Å². The van der Waals surface area contributed by atoms with Crippen LogP contribution in [-0.2, 0) is 19.0 Å². The molecule has 0 spiro atoms.